The first-order chi connectivity index (χ1) is 17.7. The largest absolute Gasteiger partial charge is 0.484 e. The van der Waals surface area contributed by atoms with Gasteiger partial charge in [-0.2, -0.15) is 4.31 Å². The van der Waals surface area contributed by atoms with Crippen molar-refractivity contribution in [3.05, 3.63) is 59.1 Å². The highest BCUT2D eigenvalue weighted by atomic mass is 35.5. The molecule has 1 atom stereocenters. The van der Waals surface area contributed by atoms with Gasteiger partial charge in [-0.1, -0.05) is 23.7 Å². The lowest BCUT2D eigenvalue weighted by Crippen LogP contribution is -2.49. The minimum atomic E-state index is -3.64. The minimum absolute atomic E-state index is 0.0531. The Balaban J connectivity index is 1.67. The van der Waals surface area contributed by atoms with Crippen LogP contribution in [0.5, 0.6) is 5.75 Å². The number of carbonyl (C=O) groups excluding carboxylic acids is 2. The van der Waals surface area contributed by atoms with E-state index in [-0.39, 0.29) is 30.6 Å². The van der Waals surface area contributed by atoms with Gasteiger partial charge < -0.3 is 24.8 Å². The average Bonchev–Trinajstić information content (AvgIpc) is 2.91. The van der Waals surface area contributed by atoms with E-state index in [1.165, 1.54) is 33.5 Å². The highest BCUT2D eigenvalue weighted by Gasteiger charge is 2.28. The number of amides is 2. The number of hydrogen-bond acceptors (Lipinski definition) is 7. The molecule has 0 aliphatic carbocycles. The molecule has 0 bridgehead atoms. The number of benzene rings is 2. The number of aliphatic hydroxyl groups is 1. The maximum absolute atomic E-state index is 13.1. The zero-order valence-corrected chi connectivity index (χ0v) is 22.2. The van der Waals surface area contributed by atoms with Crippen LogP contribution >= 0.6 is 11.6 Å². The van der Waals surface area contributed by atoms with E-state index in [0.717, 1.165) is 5.56 Å². The fourth-order valence-corrected chi connectivity index (χ4v) is 5.21. The van der Waals surface area contributed by atoms with Crippen LogP contribution in [0.25, 0.3) is 0 Å². The van der Waals surface area contributed by atoms with Gasteiger partial charge in [-0.05, 0) is 55.3 Å². The van der Waals surface area contributed by atoms with Crippen LogP contribution < -0.4 is 10.1 Å². The third-order valence-electron chi connectivity index (χ3n) is 5.86. The van der Waals surface area contributed by atoms with E-state index >= 15 is 0 Å². The number of rotatable bonds is 12. The predicted octanol–water partition coefficient (Wildman–Crippen LogP) is 1.66. The summed E-state index contributed by atoms with van der Waals surface area (Å²) < 4.78 is 37.8. The topological polar surface area (TPSA) is 125 Å². The van der Waals surface area contributed by atoms with Crippen LogP contribution in [0.4, 0.5) is 0 Å². The van der Waals surface area contributed by atoms with Gasteiger partial charge >= 0.3 is 0 Å². The quantitative estimate of drug-likeness (QED) is 0.383. The van der Waals surface area contributed by atoms with Gasteiger partial charge in [0.05, 0.1) is 18.1 Å². The van der Waals surface area contributed by atoms with Crippen LogP contribution in [0.15, 0.2) is 53.4 Å². The van der Waals surface area contributed by atoms with E-state index in [9.17, 15) is 18.0 Å². The van der Waals surface area contributed by atoms with Gasteiger partial charge in [0.2, 0.25) is 15.9 Å². The number of aliphatic hydroxyl groups excluding tert-OH is 1. The Labute approximate surface area is 222 Å². The average molecular weight is 554 g/mol. The predicted molar refractivity (Wildman–Crippen MR) is 138 cm³/mol. The molecule has 0 radical (unpaired) electrons. The Kier molecular flexibility index (Phi) is 10.7. The number of morpholine rings is 1. The first-order valence-electron chi connectivity index (χ1n) is 12.0. The minimum Gasteiger partial charge on any atom is -0.484 e. The summed E-state index contributed by atoms with van der Waals surface area (Å²) in [5.41, 5.74) is 0.783. The van der Waals surface area contributed by atoms with Crippen LogP contribution in [0, 0.1) is 0 Å². The monoisotopic (exact) mass is 553 g/mol. The Bertz CT molecular complexity index is 1140. The smallest absolute Gasteiger partial charge is 0.261 e. The number of sulfonamides is 1. The van der Waals surface area contributed by atoms with Gasteiger partial charge in [0.25, 0.3) is 5.91 Å². The molecule has 1 saturated heterocycles. The van der Waals surface area contributed by atoms with Gasteiger partial charge in [-0.15, -0.1) is 0 Å². The lowest BCUT2D eigenvalue weighted by molar-refractivity contribution is -0.142. The Hall–Kier alpha value is -2.70. The van der Waals surface area contributed by atoms with Gasteiger partial charge in [-0.3, -0.25) is 9.59 Å². The third-order valence-corrected chi connectivity index (χ3v) is 8.03. The van der Waals surface area contributed by atoms with E-state index in [2.05, 4.69) is 5.32 Å². The molecule has 0 unspecified atom stereocenters. The zero-order chi connectivity index (χ0) is 26.8. The third kappa shape index (κ3) is 8.14. The lowest BCUT2D eigenvalue weighted by atomic mass is 10.1. The number of ether oxygens (including phenoxy) is 2. The molecule has 202 valence electrons. The number of hydrogen-bond donors (Lipinski definition) is 2. The van der Waals surface area contributed by atoms with Gasteiger partial charge in [0.1, 0.15) is 11.8 Å². The molecule has 1 aliphatic heterocycles. The van der Waals surface area contributed by atoms with E-state index in [1.54, 1.807) is 31.2 Å². The standard InChI is InChI=1S/C25H32ClN3O7S/c1-19(25(32)27-11-2-14-30)29(17-20-3-5-21(26)6-4-20)24(31)18-36-22-7-9-23(10-8-22)37(33,34)28-12-15-35-16-13-28/h3-10,19,30H,2,11-18H2,1H3,(H,27,32)/t19-/m0/s1. The molecule has 0 spiro atoms. The number of nitrogens with zero attached hydrogens (tertiary/aromatic N) is 2. The zero-order valence-electron chi connectivity index (χ0n) is 20.6. The molecule has 2 aromatic rings. The van der Waals surface area contributed by atoms with Crippen LogP contribution in [-0.2, 0) is 30.9 Å². The summed E-state index contributed by atoms with van der Waals surface area (Å²) in [5, 5.41) is 12.2. The van der Waals surface area contributed by atoms with Crippen molar-refractivity contribution in [1.82, 2.24) is 14.5 Å². The molecule has 3 rings (SSSR count). The fraction of sp³-hybridized carbons (Fsp3) is 0.440. The van der Waals surface area contributed by atoms with E-state index in [1.807, 2.05) is 0 Å². The van der Waals surface area contributed by atoms with Crippen molar-refractivity contribution < 1.29 is 32.6 Å². The maximum Gasteiger partial charge on any atom is 0.261 e. The Morgan fingerprint density at radius 2 is 1.78 bits per heavy atom. The summed E-state index contributed by atoms with van der Waals surface area (Å²) in [4.78, 5) is 27.3. The SMILES string of the molecule is C[C@@H](C(=O)NCCCO)N(Cc1ccc(Cl)cc1)C(=O)COc1ccc(S(=O)(=O)N2CCOCC2)cc1. The molecule has 10 nitrogen and oxygen atoms in total. The first kappa shape index (κ1) is 28.9. The van der Waals surface area contributed by atoms with Crippen molar-refractivity contribution >= 4 is 33.4 Å². The van der Waals surface area contributed by atoms with Crippen LogP contribution in [0.1, 0.15) is 18.9 Å². The molecule has 37 heavy (non-hydrogen) atoms. The second kappa shape index (κ2) is 13.7. The van der Waals surface area contributed by atoms with Crippen molar-refractivity contribution in [2.24, 2.45) is 0 Å². The Morgan fingerprint density at radius 3 is 2.41 bits per heavy atom. The van der Waals surface area contributed by atoms with Crippen LogP contribution in [0.2, 0.25) is 5.02 Å². The van der Waals surface area contributed by atoms with Crippen molar-refractivity contribution in [1.29, 1.82) is 0 Å². The molecule has 0 aromatic heterocycles. The molecule has 0 saturated carbocycles. The molecule has 2 amide bonds. The van der Waals surface area contributed by atoms with E-state index in [4.69, 9.17) is 26.2 Å². The normalized spacial score (nSPS) is 15.1. The van der Waals surface area contributed by atoms with Gasteiger partial charge in [0.15, 0.2) is 6.61 Å². The summed E-state index contributed by atoms with van der Waals surface area (Å²) in [6.07, 6.45) is 0.407. The molecular formula is C25H32ClN3O7S. The highest BCUT2D eigenvalue weighted by Crippen LogP contribution is 2.21. The summed E-state index contributed by atoms with van der Waals surface area (Å²) in [6, 6.07) is 12.0. The molecule has 12 heteroatoms. The van der Waals surface area contributed by atoms with Crippen molar-refractivity contribution in [3.63, 3.8) is 0 Å². The molecule has 1 fully saturated rings. The molecule has 1 heterocycles. The van der Waals surface area contributed by atoms with Crippen molar-refractivity contribution in [3.8, 4) is 5.75 Å². The summed E-state index contributed by atoms with van der Waals surface area (Å²) in [6.45, 7) is 2.96. The van der Waals surface area contributed by atoms with Crippen LogP contribution in [-0.4, -0.2) is 86.6 Å². The number of halogens is 1. The number of carbonyl (C=O) groups is 2. The second-order valence-electron chi connectivity index (χ2n) is 8.47. The second-order valence-corrected chi connectivity index (χ2v) is 10.8. The van der Waals surface area contributed by atoms with Crippen molar-refractivity contribution in [2.45, 2.75) is 30.8 Å². The summed E-state index contributed by atoms with van der Waals surface area (Å²) >= 11 is 5.96. The Morgan fingerprint density at radius 1 is 1.14 bits per heavy atom. The van der Waals surface area contributed by atoms with E-state index in [0.29, 0.717) is 50.0 Å². The van der Waals surface area contributed by atoms with Crippen LogP contribution in [0.3, 0.4) is 0 Å². The van der Waals surface area contributed by atoms with Gasteiger partial charge in [-0.25, -0.2) is 8.42 Å². The van der Waals surface area contributed by atoms with Gasteiger partial charge in [0, 0.05) is 37.8 Å². The molecule has 2 aromatic carbocycles. The summed E-state index contributed by atoms with van der Waals surface area (Å²) in [5.74, 6) is -0.459. The number of nitrogens with one attached hydrogen (secondary N) is 1. The lowest BCUT2D eigenvalue weighted by Gasteiger charge is -2.29. The molecule has 1 aliphatic rings. The molecular weight excluding hydrogens is 522 g/mol. The first-order valence-corrected chi connectivity index (χ1v) is 13.8. The van der Waals surface area contributed by atoms with E-state index < -0.39 is 22.0 Å². The highest BCUT2D eigenvalue weighted by molar-refractivity contribution is 7.89. The fourth-order valence-electron chi connectivity index (χ4n) is 3.68. The summed E-state index contributed by atoms with van der Waals surface area (Å²) in [7, 11) is -3.64. The van der Waals surface area contributed by atoms with Crippen molar-refractivity contribution in [2.75, 3.05) is 46.1 Å². The molecule has 2 N–H and O–H groups in total. The maximum atomic E-state index is 13.1.